The van der Waals surface area contributed by atoms with E-state index in [2.05, 4.69) is 24.3 Å². The Morgan fingerprint density at radius 3 is 2.92 bits per heavy atom. The van der Waals surface area contributed by atoms with Gasteiger partial charge in [0.05, 0.1) is 11.6 Å². The van der Waals surface area contributed by atoms with Crippen LogP contribution in [-0.4, -0.2) is 21.6 Å². The summed E-state index contributed by atoms with van der Waals surface area (Å²) in [6.45, 7) is 5.47. The molecule has 13 heavy (non-hydrogen) atoms. The van der Waals surface area contributed by atoms with Gasteiger partial charge in [-0.15, -0.1) is 11.8 Å². The molecule has 1 aromatic rings. The topological polar surface area (TPSA) is 29.9 Å². The Hall–Kier alpha value is -0.480. The molecule has 0 amide bonds. The molecule has 0 aliphatic carbocycles. The number of rotatable bonds is 1. The Balaban J connectivity index is 2.21. The Morgan fingerprint density at radius 1 is 1.69 bits per heavy atom. The van der Waals surface area contributed by atoms with E-state index >= 15 is 0 Å². The van der Waals surface area contributed by atoms with E-state index in [1.54, 1.807) is 0 Å². The maximum absolute atomic E-state index is 4.25. The highest BCUT2D eigenvalue weighted by atomic mass is 32.2. The van der Waals surface area contributed by atoms with E-state index in [9.17, 15) is 0 Å². The van der Waals surface area contributed by atoms with Gasteiger partial charge in [-0.1, -0.05) is 6.92 Å². The molecule has 2 unspecified atom stereocenters. The molecule has 0 bridgehead atoms. The summed E-state index contributed by atoms with van der Waals surface area (Å²) < 4.78 is 1.93. The molecule has 1 aliphatic rings. The van der Waals surface area contributed by atoms with Gasteiger partial charge in [0.15, 0.2) is 0 Å². The SMILES string of the molecule is Cc1c(C2NCC(C)S2)cnn1C. The summed E-state index contributed by atoms with van der Waals surface area (Å²) >= 11 is 1.98. The van der Waals surface area contributed by atoms with Gasteiger partial charge in [-0.3, -0.25) is 4.68 Å². The van der Waals surface area contributed by atoms with Crippen LogP contribution < -0.4 is 5.32 Å². The van der Waals surface area contributed by atoms with E-state index in [-0.39, 0.29) is 0 Å². The molecule has 0 radical (unpaired) electrons. The van der Waals surface area contributed by atoms with Crippen LogP contribution in [-0.2, 0) is 7.05 Å². The summed E-state index contributed by atoms with van der Waals surface area (Å²) in [6, 6.07) is 0. The number of aryl methyl sites for hydroxylation is 1. The lowest BCUT2D eigenvalue weighted by Crippen LogP contribution is -2.14. The fraction of sp³-hybridized carbons (Fsp3) is 0.667. The number of hydrogen-bond acceptors (Lipinski definition) is 3. The predicted molar refractivity (Wildman–Crippen MR) is 55.7 cm³/mol. The third kappa shape index (κ3) is 1.60. The summed E-state index contributed by atoms with van der Waals surface area (Å²) in [5.74, 6) is 0. The van der Waals surface area contributed by atoms with Gasteiger partial charge in [-0.2, -0.15) is 5.10 Å². The van der Waals surface area contributed by atoms with Crippen molar-refractivity contribution in [3.63, 3.8) is 0 Å². The predicted octanol–water partition coefficient (Wildman–Crippen LogP) is 1.45. The van der Waals surface area contributed by atoms with Gasteiger partial charge in [0.1, 0.15) is 0 Å². The molecule has 2 atom stereocenters. The van der Waals surface area contributed by atoms with Crippen molar-refractivity contribution in [2.45, 2.75) is 24.5 Å². The quantitative estimate of drug-likeness (QED) is 0.739. The van der Waals surface area contributed by atoms with Gasteiger partial charge in [-0.05, 0) is 6.92 Å². The Morgan fingerprint density at radius 2 is 2.46 bits per heavy atom. The highest BCUT2D eigenvalue weighted by Gasteiger charge is 2.25. The molecule has 0 aromatic carbocycles. The summed E-state index contributed by atoms with van der Waals surface area (Å²) in [6.07, 6.45) is 1.97. The third-order valence-electron chi connectivity index (χ3n) is 2.51. The monoisotopic (exact) mass is 197 g/mol. The van der Waals surface area contributed by atoms with Gasteiger partial charge >= 0.3 is 0 Å². The number of nitrogens with zero attached hydrogens (tertiary/aromatic N) is 2. The normalized spacial score (nSPS) is 28.2. The van der Waals surface area contributed by atoms with E-state index < -0.39 is 0 Å². The van der Waals surface area contributed by atoms with Crippen LogP contribution in [0, 0.1) is 6.92 Å². The summed E-state index contributed by atoms with van der Waals surface area (Å²) in [7, 11) is 1.99. The number of thioether (sulfide) groups is 1. The average molecular weight is 197 g/mol. The van der Waals surface area contributed by atoms with E-state index in [4.69, 9.17) is 0 Å². The van der Waals surface area contributed by atoms with Crippen molar-refractivity contribution in [1.29, 1.82) is 0 Å². The largest absolute Gasteiger partial charge is 0.300 e. The maximum atomic E-state index is 4.25. The van der Waals surface area contributed by atoms with E-state index in [1.165, 1.54) is 11.3 Å². The highest BCUT2D eigenvalue weighted by Crippen LogP contribution is 2.35. The number of nitrogens with one attached hydrogen (secondary N) is 1. The fourth-order valence-electron chi connectivity index (χ4n) is 1.56. The van der Waals surface area contributed by atoms with Crippen LogP contribution in [0.15, 0.2) is 6.20 Å². The molecule has 72 valence electrons. The van der Waals surface area contributed by atoms with Crippen molar-refractivity contribution >= 4 is 11.8 Å². The molecule has 1 N–H and O–H groups in total. The Bertz CT molecular complexity index is 308. The first-order chi connectivity index (χ1) is 6.18. The van der Waals surface area contributed by atoms with Gasteiger partial charge in [0.2, 0.25) is 0 Å². The molecule has 1 aromatic heterocycles. The first kappa shape index (κ1) is 9.09. The van der Waals surface area contributed by atoms with E-state index in [1.807, 2.05) is 29.7 Å². The first-order valence-electron chi connectivity index (χ1n) is 4.56. The van der Waals surface area contributed by atoms with Crippen LogP contribution in [0.2, 0.25) is 0 Å². The fourth-order valence-corrected chi connectivity index (χ4v) is 2.79. The number of hydrogen-bond donors (Lipinski definition) is 1. The van der Waals surface area contributed by atoms with Gasteiger partial charge < -0.3 is 5.32 Å². The molecule has 4 heteroatoms. The van der Waals surface area contributed by atoms with Crippen LogP contribution in [0.4, 0.5) is 0 Å². The zero-order valence-corrected chi connectivity index (χ0v) is 9.06. The minimum atomic E-state index is 0.448. The minimum absolute atomic E-state index is 0.448. The van der Waals surface area contributed by atoms with Crippen LogP contribution >= 0.6 is 11.8 Å². The van der Waals surface area contributed by atoms with Crippen molar-refractivity contribution in [2.24, 2.45) is 7.05 Å². The zero-order chi connectivity index (χ0) is 9.42. The molecule has 1 fully saturated rings. The van der Waals surface area contributed by atoms with Crippen molar-refractivity contribution in [1.82, 2.24) is 15.1 Å². The summed E-state index contributed by atoms with van der Waals surface area (Å²) in [4.78, 5) is 0. The summed E-state index contributed by atoms with van der Waals surface area (Å²) in [5.41, 5.74) is 2.59. The molecular formula is C9H15N3S. The van der Waals surface area contributed by atoms with Gasteiger partial charge in [-0.25, -0.2) is 0 Å². The van der Waals surface area contributed by atoms with Crippen molar-refractivity contribution < 1.29 is 0 Å². The minimum Gasteiger partial charge on any atom is -0.300 e. The lowest BCUT2D eigenvalue weighted by atomic mass is 10.2. The lowest BCUT2D eigenvalue weighted by Gasteiger charge is -2.08. The smallest absolute Gasteiger partial charge is 0.0826 e. The van der Waals surface area contributed by atoms with E-state index in [0.29, 0.717) is 10.6 Å². The third-order valence-corrected chi connectivity index (χ3v) is 3.84. The Labute approximate surface area is 82.9 Å². The average Bonchev–Trinajstić information content (AvgIpc) is 2.62. The first-order valence-corrected chi connectivity index (χ1v) is 5.50. The molecule has 1 saturated heterocycles. The lowest BCUT2D eigenvalue weighted by molar-refractivity contribution is 0.705. The van der Waals surface area contributed by atoms with Crippen molar-refractivity contribution in [3.8, 4) is 0 Å². The summed E-state index contributed by atoms with van der Waals surface area (Å²) in [5, 5.41) is 8.90. The van der Waals surface area contributed by atoms with Crippen molar-refractivity contribution in [2.75, 3.05) is 6.54 Å². The second kappa shape index (κ2) is 3.35. The van der Waals surface area contributed by atoms with Crippen LogP contribution in [0.5, 0.6) is 0 Å². The molecule has 2 heterocycles. The molecule has 0 spiro atoms. The number of aromatic nitrogens is 2. The molecule has 3 nitrogen and oxygen atoms in total. The second-order valence-electron chi connectivity index (χ2n) is 3.54. The van der Waals surface area contributed by atoms with E-state index in [0.717, 1.165) is 6.54 Å². The maximum Gasteiger partial charge on any atom is 0.0826 e. The van der Waals surface area contributed by atoms with Crippen molar-refractivity contribution in [3.05, 3.63) is 17.5 Å². The zero-order valence-electron chi connectivity index (χ0n) is 8.24. The van der Waals surface area contributed by atoms with Crippen LogP contribution in [0.1, 0.15) is 23.6 Å². The molecular weight excluding hydrogens is 182 g/mol. The van der Waals surface area contributed by atoms with Crippen LogP contribution in [0.3, 0.4) is 0 Å². The standard InChI is InChI=1S/C9H15N3S/c1-6-4-10-9(13-6)8-5-11-12(3)7(8)2/h5-6,9-10H,4H2,1-3H3. The van der Waals surface area contributed by atoms with Crippen LogP contribution in [0.25, 0.3) is 0 Å². The molecule has 1 aliphatic heterocycles. The molecule has 0 saturated carbocycles. The second-order valence-corrected chi connectivity index (χ2v) is 5.09. The van der Waals surface area contributed by atoms with Gasteiger partial charge in [0.25, 0.3) is 0 Å². The Kier molecular flexibility index (Phi) is 2.34. The highest BCUT2D eigenvalue weighted by molar-refractivity contribution is 8.00. The van der Waals surface area contributed by atoms with Gasteiger partial charge in [0, 0.05) is 30.1 Å². The molecule has 2 rings (SSSR count).